The number of rotatable bonds is 67. The molecule has 0 bridgehead atoms. The third-order valence-corrected chi connectivity index (χ3v) is 38.7. The van der Waals surface area contributed by atoms with Crippen LogP contribution in [-0.2, 0) is 81.6 Å². The smallest absolute Gasteiger partial charge is 0.322 e. The first kappa shape index (κ1) is 126. The summed E-state index contributed by atoms with van der Waals surface area (Å²) in [5.74, 6) is -3.51. The van der Waals surface area contributed by atoms with Gasteiger partial charge in [0.15, 0.2) is 33.8 Å². The Kier molecular flexibility index (Phi) is 60.8. The molecule has 0 aromatic heterocycles. The second-order valence-electron chi connectivity index (χ2n) is 40.7. The number of benzene rings is 6. The molecule has 12 N–H and O–H groups in total. The van der Waals surface area contributed by atoms with Gasteiger partial charge in [-0.3, -0.25) is 43.2 Å². The van der Waals surface area contributed by atoms with E-state index in [4.69, 9.17) is 73.7 Å². The van der Waals surface area contributed by atoms with Crippen molar-refractivity contribution in [1.29, 1.82) is 0 Å². The lowest BCUT2D eigenvalue weighted by molar-refractivity contribution is -0.154. The summed E-state index contributed by atoms with van der Waals surface area (Å²) in [6.45, 7) is 42.3. The normalized spacial score (nSPS) is 13.1. The van der Waals surface area contributed by atoms with Crippen molar-refractivity contribution in [2.24, 2.45) is 35.0 Å². The summed E-state index contributed by atoms with van der Waals surface area (Å²) in [7, 11) is -3.63. The molecule has 6 aromatic carbocycles. The molecule has 6 atom stereocenters. The summed E-state index contributed by atoms with van der Waals surface area (Å²) in [6, 6.07) is 43.9. The maximum atomic E-state index is 14.7. The quantitative estimate of drug-likeness (QED) is 0.00741. The van der Waals surface area contributed by atoms with Crippen molar-refractivity contribution < 1.29 is 76.4 Å². The molecule has 782 valence electrons. The molecular weight excluding hydrogens is 1840 g/mol. The highest BCUT2D eigenvalue weighted by Crippen LogP contribution is 2.47. The van der Waals surface area contributed by atoms with Crippen molar-refractivity contribution in [1.82, 2.24) is 21.3 Å². The minimum absolute atomic E-state index is 0. The van der Waals surface area contributed by atoms with E-state index in [-0.39, 0.29) is 62.4 Å². The van der Waals surface area contributed by atoms with Crippen LogP contribution in [0.2, 0.25) is 43.3 Å². The number of aliphatic carboxylic acids is 2. The molecule has 0 aliphatic carbocycles. The van der Waals surface area contributed by atoms with Crippen LogP contribution in [0.25, 0.3) is 0 Å². The Bertz CT molecular complexity index is 4260. The van der Waals surface area contributed by atoms with Crippen molar-refractivity contribution >= 4 is 92.9 Å². The second-order valence-corrected chi connectivity index (χ2v) is 52.4. The fraction of sp³-hybridized carbons (Fsp3) is 0.602. The summed E-state index contributed by atoms with van der Waals surface area (Å²) in [5, 5.41) is 28.9. The van der Waals surface area contributed by atoms with Crippen LogP contribution in [0, 0.1) is 17.8 Å². The molecule has 140 heavy (non-hydrogen) atoms. The minimum Gasteiger partial charge on any atom is -0.493 e. The van der Waals surface area contributed by atoms with E-state index in [1.54, 1.807) is 24.3 Å². The van der Waals surface area contributed by atoms with Gasteiger partial charge in [0, 0.05) is 58.9 Å². The molecule has 0 saturated carbocycles. The number of ether oxygens (including phenoxy) is 3. The van der Waals surface area contributed by atoms with Gasteiger partial charge >= 0.3 is 17.9 Å². The van der Waals surface area contributed by atoms with Crippen LogP contribution >= 0.6 is 23.2 Å². The number of nitrogens with two attached hydrogens (primary N) is 3. The van der Waals surface area contributed by atoms with Crippen molar-refractivity contribution in [3.05, 3.63) is 201 Å². The van der Waals surface area contributed by atoms with Crippen molar-refractivity contribution in [3.8, 4) is 11.5 Å². The standard InChI is InChI=1S/C77H122Cl2N2O8Si2.C18H26N2O4.C17H25N3O4.CH4/c1-57(2)52-73(81-76(84)72(80)53-64-36-30-29-31-37-64)74(82)46-47-75(83)89-77(65-38-42-68(78)43-39-65,66-40-44-69(79)45-41-66)67-54-70(85-48-32-25-21-17-15-19-23-27-34-50-87-90(58(3)4,59(5)6)60(7)8)56-71(55-67)86-49-33-26-22-18-16-20-24-28-35-51-88-91(61(9)10,62(11)12)63(13)14;1-12(2)10-15(16(21)8-9-17(22)23)20-18(24)14(19)11-13-6-4-3-5-7-13;1-11(2)8-14(17(24)19-10-15(21)22)20-16(23)13(18)9-12-6-4-3-5-7-12;/h29-31,36-45,54-63,72-73H,15-28,32-35,46-53,80H2,1-14H3,(H,81,84);3-7,12,14-15H,8-11,19H2,1-2H3,(H,20,24)(H,22,23);3-7,11,13-14H,8-10,18H2,1-2H3,(H,19,24)(H,20,23)(H,21,22);1H4/t72-,73-;14-,15-;13-,14-;/m000./s1. The number of esters is 1. The summed E-state index contributed by atoms with van der Waals surface area (Å²) in [6.07, 6.45) is 22.2. The zero-order chi connectivity index (χ0) is 103. The van der Waals surface area contributed by atoms with Crippen molar-refractivity contribution in [3.63, 3.8) is 0 Å². The van der Waals surface area contributed by atoms with Gasteiger partial charge in [0.1, 0.15) is 24.1 Å². The van der Waals surface area contributed by atoms with E-state index in [0.29, 0.717) is 123 Å². The van der Waals surface area contributed by atoms with Crippen LogP contribution in [0.5, 0.6) is 11.5 Å². The molecule has 0 fully saturated rings. The van der Waals surface area contributed by atoms with Crippen LogP contribution in [0.3, 0.4) is 0 Å². The van der Waals surface area contributed by atoms with Gasteiger partial charge in [-0.1, -0.05) is 360 Å². The van der Waals surface area contributed by atoms with E-state index in [1.165, 1.54) is 64.2 Å². The monoisotopic (exact) mass is 2010 g/mol. The Morgan fingerprint density at radius 2 is 0.629 bits per heavy atom. The van der Waals surface area contributed by atoms with Crippen LogP contribution in [0.4, 0.5) is 0 Å². The van der Waals surface area contributed by atoms with E-state index in [2.05, 4.69) is 104 Å². The Labute approximate surface area is 852 Å². The first-order valence-electron chi connectivity index (χ1n) is 51.5. The summed E-state index contributed by atoms with van der Waals surface area (Å²) in [4.78, 5) is 112. The predicted molar refractivity (Wildman–Crippen MR) is 575 cm³/mol. The topological polar surface area (TPSA) is 366 Å². The zero-order valence-corrected chi connectivity index (χ0v) is 90.6. The van der Waals surface area contributed by atoms with Gasteiger partial charge in [-0.15, -0.1) is 0 Å². The lowest BCUT2D eigenvalue weighted by Gasteiger charge is -2.42. The summed E-state index contributed by atoms with van der Waals surface area (Å²) >= 11 is 13.2. The van der Waals surface area contributed by atoms with Crippen molar-refractivity contribution in [2.45, 2.75) is 387 Å². The Hall–Kier alpha value is -8.64. The fourth-order valence-corrected chi connectivity index (χ4v) is 30.2. The fourth-order valence-electron chi connectivity index (χ4n) is 19.0. The van der Waals surface area contributed by atoms with E-state index < -0.39 is 107 Å². The molecular formula is C113H177Cl2N7O16Si2. The van der Waals surface area contributed by atoms with E-state index >= 15 is 0 Å². The predicted octanol–water partition coefficient (Wildman–Crippen LogP) is 23.9. The van der Waals surface area contributed by atoms with Crippen LogP contribution in [-0.4, -0.2) is 149 Å². The number of hydrogen-bond donors (Lipinski definition) is 9. The Morgan fingerprint density at radius 1 is 0.343 bits per heavy atom. The number of nitrogens with one attached hydrogen (secondary N) is 4. The van der Waals surface area contributed by atoms with Gasteiger partial charge in [0.25, 0.3) is 0 Å². The number of hydrogen-bond acceptors (Lipinski definition) is 17. The van der Waals surface area contributed by atoms with Gasteiger partial charge in [0.05, 0.1) is 56.3 Å². The molecule has 0 radical (unpaired) electrons. The van der Waals surface area contributed by atoms with Gasteiger partial charge in [-0.25, -0.2) is 0 Å². The molecule has 0 unspecified atom stereocenters. The van der Waals surface area contributed by atoms with Crippen LogP contribution in [0.1, 0.15) is 326 Å². The molecule has 0 saturated heterocycles. The van der Waals surface area contributed by atoms with E-state index in [1.807, 2.05) is 175 Å². The molecule has 0 aliphatic rings. The number of carbonyl (C=O) groups is 9. The molecule has 0 heterocycles. The number of amides is 4. The highest BCUT2D eigenvalue weighted by Gasteiger charge is 2.47. The molecule has 6 rings (SSSR count). The number of ketones is 2. The average molecular weight is 2020 g/mol. The second kappa shape index (κ2) is 67.8. The number of carbonyl (C=O) groups excluding carboxylic acids is 7. The van der Waals surface area contributed by atoms with Gasteiger partial charge < -0.3 is 71.7 Å². The van der Waals surface area contributed by atoms with Crippen LogP contribution < -0.4 is 47.9 Å². The highest BCUT2D eigenvalue weighted by molar-refractivity contribution is 6.78. The first-order chi connectivity index (χ1) is 66.0. The number of halogens is 2. The molecule has 23 nitrogen and oxygen atoms in total. The Balaban J connectivity index is 0.000000828. The zero-order valence-electron chi connectivity index (χ0n) is 87.1. The van der Waals surface area contributed by atoms with Gasteiger partial charge in [-0.05, 0) is 168 Å². The largest absolute Gasteiger partial charge is 0.493 e. The van der Waals surface area contributed by atoms with Crippen molar-refractivity contribution in [2.75, 3.05) is 33.0 Å². The van der Waals surface area contributed by atoms with E-state index in [0.717, 1.165) is 81.3 Å². The van der Waals surface area contributed by atoms with Gasteiger partial charge in [0.2, 0.25) is 23.6 Å². The Morgan fingerprint density at radius 3 is 0.921 bits per heavy atom. The molecule has 6 aromatic rings. The average Bonchev–Trinajstić information content (AvgIpc) is 0.741. The number of carboxylic acids is 2. The maximum absolute atomic E-state index is 14.7. The summed E-state index contributed by atoms with van der Waals surface area (Å²) < 4.78 is 33.8. The number of Topliss-reactive ketones (excluding diaryl/α,β-unsaturated/α-hetero) is 2. The summed E-state index contributed by atoms with van der Waals surface area (Å²) in [5.41, 5.74) is 25.0. The highest BCUT2D eigenvalue weighted by atomic mass is 35.5. The van der Waals surface area contributed by atoms with Crippen LogP contribution in [0.15, 0.2) is 158 Å². The third-order valence-electron chi connectivity index (χ3n) is 25.9. The maximum Gasteiger partial charge on any atom is 0.322 e. The number of carboxylic acid groups (broad SMARTS) is 2. The van der Waals surface area contributed by atoms with E-state index in [9.17, 15) is 43.2 Å². The SMILES string of the molecule is C.CC(C)C[C@H](NC(=O)[C@@H](N)Cc1ccccc1)C(=O)CCC(=O)O.CC(C)C[C@H](NC(=O)[C@@H](N)Cc1ccccc1)C(=O)CCC(=O)OC(c1ccc(Cl)cc1)(c1ccc(Cl)cc1)c1cc(OCCCCCCCCCCCO[Si](C(C)C)(C(C)C)C(C)C)cc(OCCCCCCCCCCCO[Si](C(C)C)(C(C)C)C(C)C)c1.CC(C)C[C@H](NC(=O)[C@@H](N)Cc1ccccc1)C(=O)NCC(=O)O. The molecule has 0 spiro atoms. The minimum atomic E-state index is -1.82. The first-order valence-corrected chi connectivity index (χ1v) is 56.5. The van der Waals surface area contributed by atoms with Gasteiger partial charge in [-0.2, -0.15) is 0 Å². The lowest BCUT2D eigenvalue weighted by Crippen LogP contribution is -2.53. The number of unbranched alkanes of at least 4 members (excludes halogenated alkanes) is 16. The molecule has 0 aliphatic heterocycles. The molecule has 27 heteroatoms. The lowest BCUT2D eigenvalue weighted by atomic mass is 9.79. The molecule has 4 amide bonds. The third kappa shape index (κ3) is 46.0.